The second kappa shape index (κ2) is 6.37. The zero-order chi connectivity index (χ0) is 13.7. The lowest BCUT2D eigenvalue weighted by molar-refractivity contribution is -0.710. The van der Waals surface area contributed by atoms with Crippen molar-refractivity contribution in [3.05, 3.63) is 34.9 Å². The van der Waals surface area contributed by atoms with E-state index >= 15 is 0 Å². The normalized spacial score (nSPS) is 13.7. The molecule has 5 nitrogen and oxygen atoms in total. The van der Waals surface area contributed by atoms with E-state index in [4.69, 9.17) is 17.3 Å². The summed E-state index contributed by atoms with van der Waals surface area (Å²) in [5.74, 6) is -0.400. The van der Waals surface area contributed by atoms with Gasteiger partial charge in [0, 0.05) is 10.6 Å². The lowest BCUT2D eigenvalue weighted by Crippen LogP contribution is -2.92. The number of benzene rings is 1. The molecule has 2 atom stereocenters. The Morgan fingerprint density at radius 3 is 2.33 bits per heavy atom. The summed E-state index contributed by atoms with van der Waals surface area (Å²) >= 11 is 5.80. The number of nitrogens with one attached hydrogen (secondary N) is 1. The predicted molar refractivity (Wildman–Crippen MR) is 69.0 cm³/mol. The van der Waals surface area contributed by atoms with Crippen LogP contribution in [0.5, 0.6) is 0 Å². The van der Waals surface area contributed by atoms with Gasteiger partial charge in [-0.25, -0.2) is 4.79 Å². The molecule has 0 saturated heterocycles. The van der Waals surface area contributed by atoms with Gasteiger partial charge in [-0.05, 0) is 26.0 Å². The maximum Gasteiger partial charge on any atom is 0.319 e. The summed E-state index contributed by atoms with van der Waals surface area (Å²) in [6.07, 6.45) is 0. The third-order valence-corrected chi connectivity index (χ3v) is 2.89. The van der Waals surface area contributed by atoms with E-state index in [2.05, 4.69) is 5.32 Å². The largest absolute Gasteiger partial charge is 0.351 e. The molecule has 0 aliphatic carbocycles. The number of urea groups is 1. The van der Waals surface area contributed by atoms with Crippen LogP contribution in [0.4, 0.5) is 4.79 Å². The minimum atomic E-state index is -0.834. The van der Waals surface area contributed by atoms with E-state index in [0.29, 0.717) is 5.02 Å². The summed E-state index contributed by atoms with van der Waals surface area (Å²) in [6.45, 7) is 3.68. The van der Waals surface area contributed by atoms with Crippen LogP contribution < -0.4 is 16.4 Å². The Balaban J connectivity index is 2.58. The molecule has 1 aromatic carbocycles. The number of carbonyl (C=O) groups excluding carboxylic acids is 2. The van der Waals surface area contributed by atoms with E-state index in [1.54, 1.807) is 19.1 Å². The maximum absolute atomic E-state index is 11.5. The van der Waals surface area contributed by atoms with Gasteiger partial charge in [-0.3, -0.25) is 10.1 Å². The monoisotopic (exact) mass is 270 g/mol. The lowest BCUT2D eigenvalue weighted by Gasteiger charge is -2.16. The molecule has 0 aliphatic rings. The van der Waals surface area contributed by atoms with Gasteiger partial charge in [0.1, 0.15) is 6.04 Å². The van der Waals surface area contributed by atoms with E-state index in [9.17, 15) is 9.59 Å². The highest BCUT2D eigenvalue weighted by Crippen LogP contribution is 2.13. The van der Waals surface area contributed by atoms with Gasteiger partial charge in [0.2, 0.25) is 0 Å². The molecular weight excluding hydrogens is 254 g/mol. The Morgan fingerprint density at radius 1 is 1.28 bits per heavy atom. The molecule has 0 fully saturated rings. The quantitative estimate of drug-likeness (QED) is 0.746. The van der Waals surface area contributed by atoms with E-state index in [-0.39, 0.29) is 6.04 Å². The fourth-order valence-electron chi connectivity index (χ4n) is 1.63. The minimum absolute atomic E-state index is 0.0795. The molecule has 0 spiro atoms. The first kappa shape index (κ1) is 14.5. The van der Waals surface area contributed by atoms with Crippen molar-refractivity contribution in [1.82, 2.24) is 5.32 Å². The smallest absolute Gasteiger partial charge is 0.319 e. The number of hydrogen-bond acceptors (Lipinski definition) is 2. The SMILES string of the molecule is C[C@@H]([NH2+][C@H](C)c1ccc(Cl)cc1)C(=O)NC(N)=O. The molecule has 0 unspecified atom stereocenters. The van der Waals surface area contributed by atoms with Crippen molar-refractivity contribution >= 4 is 23.5 Å². The number of nitrogens with two attached hydrogens (primary N) is 2. The van der Waals surface area contributed by atoms with Gasteiger partial charge in [0.05, 0.1) is 0 Å². The summed E-state index contributed by atoms with van der Waals surface area (Å²) in [4.78, 5) is 22.1. The van der Waals surface area contributed by atoms with Gasteiger partial charge in [0.25, 0.3) is 5.91 Å². The van der Waals surface area contributed by atoms with E-state index < -0.39 is 18.0 Å². The molecular formula is C12H17ClN3O2+. The summed E-state index contributed by atoms with van der Waals surface area (Å²) in [7, 11) is 0. The average Bonchev–Trinajstić information content (AvgIpc) is 2.28. The van der Waals surface area contributed by atoms with E-state index in [1.807, 2.05) is 24.4 Å². The van der Waals surface area contributed by atoms with Gasteiger partial charge >= 0.3 is 6.03 Å². The molecule has 5 N–H and O–H groups in total. The Morgan fingerprint density at radius 2 is 1.83 bits per heavy atom. The van der Waals surface area contributed by atoms with E-state index in [0.717, 1.165) is 5.56 Å². The second-order valence-electron chi connectivity index (χ2n) is 4.17. The number of quaternary nitrogens is 1. The van der Waals surface area contributed by atoms with Crippen LogP contribution in [0, 0.1) is 0 Å². The number of primary amides is 1. The third kappa shape index (κ3) is 4.35. The Kier molecular flexibility index (Phi) is 5.12. The number of amides is 3. The van der Waals surface area contributed by atoms with Crippen molar-refractivity contribution in [1.29, 1.82) is 0 Å². The van der Waals surface area contributed by atoms with Crippen LogP contribution >= 0.6 is 11.6 Å². The van der Waals surface area contributed by atoms with Crippen LogP contribution in [0.1, 0.15) is 25.5 Å². The van der Waals surface area contributed by atoms with Crippen LogP contribution in [-0.4, -0.2) is 18.0 Å². The zero-order valence-corrected chi connectivity index (χ0v) is 11.1. The topological polar surface area (TPSA) is 88.8 Å². The number of hydrogen-bond donors (Lipinski definition) is 3. The van der Waals surface area contributed by atoms with Crippen molar-refractivity contribution in [2.45, 2.75) is 25.9 Å². The molecule has 1 rings (SSSR count). The van der Waals surface area contributed by atoms with Crippen molar-refractivity contribution in [3.8, 4) is 0 Å². The summed E-state index contributed by atoms with van der Waals surface area (Å²) < 4.78 is 0. The van der Waals surface area contributed by atoms with Crippen LogP contribution in [0.15, 0.2) is 24.3 Å². The van der Waals surface area contributed by atoms with Crippen LogP contribution in [0.3, 0.4) is 0 Å². The fraction of sp³-hybridized carbons (Fsp3) is 0.333. The molecule has 0 aromatic heterocycles. The third-order valence-electron chi connectivity index (χ3n) is 2.63. The molecule has 0 bridgehead atoms. The summed E-state index contributed by atoms with van der Waals surface area (Å²) in [6, 6.07) is 6.26. The average molecular weight is 271 g/mol. The zero-order valence-electron chi connectivity index (χ0n) is 10.3. The van der Waals surface area contributed by atoms with E-state index in [1.165, 1.54) is 0 Å². The highest BCUT2D eigenvalue weighted by molar-refractivity contribution is 6.30. The second-order valence-corrected chi connectivity index (χ2v) is 4.61. The number of imide groups is 1. The van der Waals surface area contributed by atoms with Crippen molar-refractivity contribution in [2.75, 3.05) is 0 Å². The Labute approximate surface area is 111 Å². The first-order valence-electron chi connectivity index (χ1n) is 5.61. The molecule has 0 radical (unpaired) electrons. The standard InChI is InChI=1S/C12H16ClN3O2/c1-7(9-3-5-10(13)6-4-9)15-8(2)11(17)16-12(14)18/h3-8,15H,1-2H3,(H3,14,16,17,18)/p+1/t7-,8-/m1/s1. The van der Waals surface area contributed by atoms with Crippen molar-refractivity contribution in [2.24, 2.45) is 5.73 Å². The number of carbonyl (C=O) groups is 2. The number of rotatable bonds is 4. The van der Waals surface area contributed by atoms with Crippen LogP contribution in [-0.2, 0) is 4.79 Å². The molecule has 0 aliphatic heterocycles. The van der Waals surface area contributed by atoms with Crippen molar-refractivity contribution in [3.63, 3.8) is 0 Å². The molecule has 0 heterocycles. The molecule has 6 heteroatoms. The minimum Gasteiger partial charge on any atom is -0.351 e. The first-order chi connectivity index (χ1) is 8.40. The van der Waals surface area contributed by atoms with Gasteiger partial charge in [-0.15, -0.1) is 0 Å². The van der Waals surface area contributed by atoms with Gasteiger partial charge in [-0.1, -0.05) is 23.7 Å². The van der Waals surface area contributed by atoms with Gasteiger partial charge in [-0.2, -0.15) is 0 Å². The van der Waals surface area contributed by atoms with Crippen LogP contribution in [0.2, 0.25) is 5.02 Å². The molecule has 0 saturated carbocycles. The molecule has 1 aromatic rings. The lowest BCUT2D eigenvalue weighted by atomic mass is 10.1. The first-order valence-corrected chi connectivity index (χ1v) is 5.98. The van der Waals surface area contributed by atoms with Gasteiger partial charge in [0.15, 0.2) is 6.04 Å². The van der Waals surface area contributed by atoms with Gasteiger partial charge < -0.3 is 11.1 Å². The van der Waals surface area contributed by atoms with Crippen molar-refractivity contribution < 1.29 is 14.9 Å². The molecule has 18 heavy (non-hydrogen) atoms. The highest BCUT2D eigenvalue weighted by Gasteiger charge is 2.21. The Bertz CT molecular complexity index is 433. The summed E-state index contributed by atoms with van der Waals surface area (Å²) in [5.41, 5.74) is 5.94. The highest BCUT2D eigenvalue weighted by atomic mass is 35.5. The number of halogens is 1. The molecule has 98 valence electrons. The maximum atomic E-state index is 11.5. The molecule has 3 amide bonds. The van der Waals surface area contributed by atoms with Crippen LogP contribution in [0.25, 0.3) is 0 Å². The Hall–Kier alpha value is -1.59. The summed E-state index contributed by atoms with van der Waals surface area (Å²) in [5, 5.41) is 4.58. The predicted octanol–water partition coefficient (Wildman–Crippen LogP) is 0.548. The fourth-order valence-corrected chi connectivity index (χ4v) is 1.76.